The van der Waals surface area contributed by atoms with Crippen LogP contribution in [0.2, 0.25) is 0 Å². The predicted molar refractivity (Wildman–Crippen MR) is 59.2 cm³/mol. The van der Waals surface area contributed by atoms with E-state index in [1.54, 1.807) is 0 Å². The predicted octanol–water partition coefficient (Wildman–Crippen LogP) is 1.92. The normalized spacial score (nSPS) is 24.2. The molecule has 8 heteroatoms. The highest BCUT2D eigenvalue weighted by Crippen LogP contribution is 2.35. The van der Waals surface area contributed by atoms with Crippen LogP contribution in [0, 0.1) is 0 Å². The number of nitrogens with zero attached hydrogens (tertiary/aromatic N) is 2. The van der Waals surface area contributed by atoms with Crippen LogP contribution < -0.4 is 5.73 Å². The van der Waals surface area contributed by atoms with Crippen LogP contribution >= 0.6 is 0 Å². The van der Waals surface area contributed by atoms with Gasteiger partial charge in [0, 0.05) is 13.0 Å². The van der Waals surface area contributed by atoms with Crippen LogP contribution in [-0.4, -0.2) is 29.0 Å². The van der Waals surface area contributed by atoms with Crippen molar-refractivity contribution < 1.29 is 22.4 Å². The van der Waals surface area contributed by atoms with Crippen molar-refractivity contribution >= 4 is 0 Å². The molecular formula is C11H16F3N3O2. The maximum atomic E-state index is 12.7. The fourth-order valence-corrected chi connectivity index (χ4v) is 1.84. The second kappa shape index (κ2) is 5.09. The van der Waals surface area contributed by atoms with Gasteiger partial charge in [-0.25, -0.2) is 0 Å². The van der Waals surface area contributed by atoms with Gasteiger partial charge in [-0.15, -0.1) is 0 Å². The van der Waals surface area contributed by atoms with Crippen molar-refractivity contribution in [1.82, 2.24) is 10.1 Å². The van der Waals surface area contributed by atoms with Gasteiger partial charge in [0.05, 0.1) is 6.10 Å². The highest BCUT2D eigenvalue weighted by molar-refractivity contribution is 5.04. The van der Waals surface area contributed by atoms with Gasteiger partial charge in [0.1, 0.15) is 0 Å². The zero-order valence-electron chi connectivity index (χ0n) is 10.5. The summed E-state index contributed by atoms with van der Waals surface area (Å²) >= 11 is 0. The van der Waals surface area contributed by atoms with Crippen molar-refractivity contribution in [3.05, 3.63) is 11.7 Å². The smallest absolute Gasteiger partial charge is 0.378 e. The van der Waals surface area contributed by atoms with Gasteiger partial charge < -0.3 is 15.0 Å². The Balaban J connectivity index is 2.06. The monoisotopic (exact) mass is 279 g/mol. The van der Waals surface area contributed by atoms with Crippen LogP contribution in [0.5, 0.6) is 0 Å². The average Bonchev–Trinajstić information content (AvgIpc) is 2.78. The number of nitrogens with two attached hydrogens (primary N) is 1. The Hall–Kier alpha value is -1.15. The summed E-state index contributed by atoms with van der Waals surface area (Å²) in [5.41, 5.74) is 2.58. The fraction of sp³-hybridized carbons (Fsp3) is 0.818. The minimum Gasteiger partial charge on any atom is -0.378 e. The first-order valence-electron chi connectivity index (χ1n) is 6.11. The molecule has 5 nitrogen and oxygen atoms in total. The molecule has 1 aromatic rings. The molecule has 1 aromatic heterocycles. The second-order valence-corrected chi connectivity index (χ2v) is 4.91. The molecule has 0 bridgehead atoms. The Morgan fingerprint density at radius 1 is 1.37 bits per heavy atom. The Labute approximate surface area is 108 Å². The lowest BCUT2D eigenvalue weighted by atomic mass is 10.0. The van der Waals surface area contributed by atoms with Crippen LogP contribution in [0.25, 0.3) is 0 Å². The van der Waals surface area contributed by atoms with E-state index in [2.05, 4.69) is 14.7 Å². The van der Waals surface area contributed by atoms with Crippen molar-refractivity contribution in [2.75, 3.05) is 6.61 Å². The molecule has 1 aliphatic heterocycles. The van der Waals surface area contributed by atoms with Gasteiger partial charge >= 0.3 is 6.18 Å². The van der Waals surface area contributed by atoms with Crippen LogP contribution in [0.15, 0.2) is 4.52 Å². The van der Waals surface area contributed by atoms with Gasteiger partial charge in [-0.2, -0.15) is 18.2 Å². The molecule has 108 valence electrons. The second-order valence-electron chi connectivity index (χ2n) is 4.91. The van der Waals surface area contributed by atoms with Crippen LogP contribution in [0.3, 0.4) is 0 Å². The first kappa shape index (κ1) is 14.3. The maximum absolute atomic E-state index is 12.7. The Morgan fingerprint density at radius 3 is 2.68 bits per heavy atom. The molecule has 2 atom stereocenters. The van der Waals surface area contributed by atoms with E-state index in [0.717, 1.165) is 26.2 Å². The van der Waals surface area contributed by atoms with Gasteiger partial charge in [-0.3, -0.25) is 0 Å². The third-order valence-corrected chi connectivity index (χ3v) is 3.19. The number of ether oxygens (including phenoxy) is 1. The van der Waals surface area contributed by atoms with Gasteiger partial charge in [-0.05, 0) is 26.2 Å². The molecule has 0 amide bonds. The first-order valence-corrected chi connectivity index (χ1v) is 6.11. The lowest BCUT2D eigenvalue weighted by Crippen LogP contribution is -2.48. The first-order chi connectivity index (χ1) is 8.80. The summed E-state index contributed by atoms with van der Waals surface area (Å²) in [6.07, 6.45) is -1.47. The van der Waals surface area contributed by atoms with E-state index in [0.29, 0.717) is 13.0 Å². The Kier molecular flexibility index (Phi) is 3.82. The molecule has 2 N–H and O–H groups in total. The van der Waals surface area contributed by atoms with Gasteiger partial charge in [0.15, 0.2) is 11.4 Å². The number of alkyl halides is 3. The highest BCUT2D eigenvalue weighted by atomic mass is 19.4. The Morgan fingerprint density at radius 2 is 2.11 bits per heavy atom. The standard InChI is InChI=1S/C11H16F3N3O2/c1-10(15,11(12,13)14)9-16-8(17-19-9)6-7-4-2-3-5-18-7/h7H,2-6,15H2,1H3. The lowest BCUT2D eigenvalue weighted by molar-refractivity contribution is -0.190. The van der Waals surface area contributed by atoms with E-state index >= 15 is 0 Å². The lowest BCUT2D eigenvalue weighted by Gasteiger charge is -2.23. The molecule has 0 saturated carbocycles. The number of aromatic nitrogens is 2. The van der Waals surface area contributed by atoms with E-state index in [-0.39, 0.29) is 11.9 Å². The number of hydrogen-bond acceptors (Lipinski definition) is 5. The molecule has 2 rings (SSSR count). The maximum Gasteiger partial charge on any atom is 0.415 e. The molecule has 19 heavy (non-hydrogen) atoms. The summed E-state index contributed by atoms with van der Waals surface area (Å²) in [6.45, 7) is 1.47. The number of halogens is 3. The van der Waals surface area contributed by atoms with E-state index in [9.17, 15) is 13.2 Å². The van der Waals surface area contributed by atoms with Crippen LogP contribution in [0.4, 0.5) is 13.2 Å². The molecule has 0 aliphatic carbocycles. The molecule has 1 saturated heterocycles. The van der Waals surface area contributed by atoms with Crippen LogP contribution in [-0.2, 0) is 16.7 Å². The fourth-order valence-electron chi connectivity index (χ4n) is 1.84. The molecule has 1 fully saturated rings. The van der Waals surface area contributed by atoms with E-state index in [1.807, 2.05) is 0 Å². The van der Waals surface area contributed by atoms with E-state index in [4.69, 9.17) is 10.5 Å². The largest absolute Gasteiger partial charge is 0.415 e. The van der Waals surface area contributed by atoms with Crippen molar-refractivity contribution in [3.63, 3.8) is 0 Å². The molecule has 1 aliphatic rings. The molecule has 0 aromatic carbocycles. The summed E-state index contributed by atoms with van der Waals surface area (Å²) < 4.78 is 48.2. The Bertz CT molecular complexity index is 425. The molecule has 0 radical (unpaired) electrons. The number of rotatable bonds is 3. The molecule has 2 unspecified atom stereocenters. The van der Waals surface area contributed by atoms with Crippen molar-refractivity contribution in [2.45, 2.75) is 50.4 Å². The van der Waals surface area contributed by atoms with E-state index in [1.165, 1.54) is 0 Å². The quantitative estimate of drug-likeness (QED) is 0.915. The van der Waals surface area contributed by atoms with Crippen molar-refractivity contribution in [1.29, 1.82) is 0 Å². The summed E-state index contributed by atoms with van der Waals surface area (Å²) in [7, 11) is 0. The zero-order chi connectivity index (χ0) is 14.1. The highest BCUT2D eigenvalue weighted by Gasteiger charge is 2.53. The summed E-state index contributed by atoms with van der Waals surface area (Å²) in [5, 5.41) is 3.54. The molecule has 0 spiro atoms. The molecular weight excluding hydrogens is 263 g/mol. The molecule has 2 heterocycles. The zero-order valence-corrected chi connectivity index (χ0v) is 10.5. The summed E-state index contributed by atoms with van der Waals surface area (Å²) in [6, 6.07) is 0. The van der Waals surface area contributed by atoms with Crippen LogP contribution in [0.1, 0.15) is 37.9 Å². The minimum atomic E-state index is -4.64. The van der Waals surface area contributed by atoms with Crippen molar-refractivity contribution in [3.8, 4) is 0 Å². The third kappa shape index (κ3) is 3.06. The van der Waals surface area contributed by atoms with Gasteiger partial charge in [0.2, 0.25) is 0 Å². The van der Waals surface area contributed by atoms with Gasteiger partial charge in [0.25, 0.3) is 5.89 Å². The topological polar surface area (TPSA) is 74.2 Å². The average molecular weight is 279 g/mol. The van der Waals surface area contributed by atoms with Gasteiger partial charge in [-0.1, -0.05) is 5.16 Å². The van der Waals surface area contributed by atoms with Crippen molar-refractivity contribution in [2.24, 2.45) is 5.73 Å². The SMILES string of the molecule is CC(N)(c1nc(CC2CCCCO2)no1)C(F)(F)F. The summed E-state index contributed by atoms with van der Waals surface area (Å²) in [4.78, 5) is 3.74. The minimum absolute atomic E-state index is 0.0610. The third-order valence-electron chi connectivity index (χ3n) is 3.19. The van der Waals surface area contributed by atoms with E-state index < -0.39 is 17.6 Å². The summed E-state index contributed by atoms with van der Waals surface area (Å²) in [5.74, 6) is -0.423. The number of hydrogen-bond donors (Lipinski definition) is 1.